The molecule has 1 aliphatic rings. The molecule has 0 aromatic carbocycles. The van der Waals surface area contributed by atoms with Crippen molar-refractivity contribution in [2.45, 2.75) is 46.3 Å². The summed E-state index contributed by atoms with van der Waals surface area (Å²) >= 11 is 0. The first-order valence-corrected chi connectivity index (χ1v) is 7.40. The van der Waals surface area contributed by atoms with Crippen molar-refractivity contribution in [1.82, 2.24) is 15.1 Å². The summed E-state index contributed by atoms with van der Waals surface area (Å²) in [5.74, 6) is 0.230. The van der Waals surface area contributed by atoms with Crippen molar-refractivity contribution >= 4 is 6.03 Å². The summed E-state index contributed by atoms with van der Waals surface area (Å²) in [6.07, 6.45) is 0.576. The molecule has 0 spiro atoms. The van der Waals surface area contributed by atoms with Gasteiger partial charge in [-0.2, -0.15) is 0 Å². The fourth-order valence-corrected chi connectivity index (χ4v) is 2.57. The molecular weight excluding hydrogens is 242 g/mol. The lowest BCUT2D eigenvalue weighted by Crippen LogP contribution is -2.43. The summed E-state index contributed by atoms with van der Waals surface area (Å²) < 4.78 is 0. The molecule has 0 radical (unpaired) electrons. The summed E-state index contributed by atoms with van der Waals surface area (Å²) in [6, 6.07) is 0.510. The number of carbonyl (C=O) groups is 1. The van der Waals surface area contributed by atoms with Crippen LogP contribution in [-0.4, -0.2) is 65.8 Å². The lowest BCUT2D eigenvalue weighted by Gasteiger charge is -2.25. The number of urea groups is 1. The van der Waals surface area contributed by atoms with Gasteiger partial charge in [0.2, 0.25) is 0 Å². The van der Waals surface area contributed by atoms with Crippen molar-refractivity contribution in [2.75, 3.05) is 32.7 Å². The van der Waals surface area contributed by atoms with Crippen molar-refractivity contribution in [2.24, 2.45) is 5.92 Å². The van der Waals surface area contributed by atoms with E-state index < -0.39 is 0 Å². The maximum absolute atomic E-state index is 12.0. The number of hydrogen-bond donors (Lipinski definition) is 2. The van der Waals surface area contributed by atoms with E-state index in [0.717, 1.165) is 26.1 Å². The van der Waals surface area contributed by atoms with Gasteiger partial charge in [-0.05, 0) is 33.7 Å². The van der Waals surface area contributed by atoms with Crippen LogP contribution in [0.1, 0.15) is 34.1 Å². The zero-order chi connectivity index (χ0) is 14.4. The minimum atomic E-state index is -0.325. The first-order valence-electron chi connectivity index (χ1n) is 7.40. The molecule has 5 nitrogen and oxygen atoms in total. The Bertz CT molecular complexity index is 282. The Hall–Kier alpha value is -0.810. The van der Waals surface area contributed by atoms with Crippen LogP contribution in [0.25, 0.3) is 0 Å². The van der Waals surface area contributed by atoms with Gasteiger partial charge in [-0.25, -0.2) is 4.79 Å². The number of hydrogen-bond acceptors (Lipinski definition) is 3. The lowest BCUT2D eigenvalue weighted by molar-refractivity contribution is 0.129. The lowest BCUT2D eigenvalue weighted by atomic mass is 10.0. The van der Waals surface area contributed by atoms with E-state index in [0.29, 0.717) is 19.1 Å². The number of aliphatic hydroxyl groups excluding tert-OH is 1. The predicted molar refractivity (Wildman–Crippen MR) is 77.1 cm³/mol. The van der Waals surface area contributed by atoms with Gasteiger partial charge in [0.15, 0.2) is 0 Å². The highest BCUT2D eigenvalue weighted by molar-refractivity contribution is 5.74. The van der Waals surface area contributed by atoms with Gasteiger partial charge in [0.25, 0.3) is 0 Å². The molecule has 1 rings (SSSR count). The van der Waals surface area contributed by atoms with Crippen molar-refractivity contribution in [3.05, 3.63) is 0 Å². The minimum Gasteiger partial charge on any atom is -0.393 e. The van der Waals surface area contributed by atoms with Gasteiger partial charge in [-0.15, -0.1) is 0 Å². The Balaban J connectivity index is 2.25. The van der Waals surface area contributed by atoms with Gasteiger partial charge in [0.1, 0.15) is 0 Å². The van der Waals surface area contributed by atoms with Crippen LogP contribution < -0.4 is 5.32 Å². The normalized spacial score (nSPS) is 21.2. The third-order valence-corrected chi connectivity index (χ3v) is 4.01. The third kappa shape index (κ3) is 4.99. The SMILES string of the molecule is CCN(CCNC(=O)N1CC[C@@H]([C@H](C)O)C1)C(C)C. The average molecular weight is 271 g/mol. The third-order valence-electron chi connectivity index (χ3n) is 4.01. The maximum Gasteiger partial charge on any atom is 0.317 e. The van der Waals surface area contributed by atoms with Crippen LogP contribution in [0.5, 0.6) is 0 Å². The van der Waals surface area contributed by atoms with E-state index in [2.05, 4.69) is 31.0 Å². The fraction of sp³-hybridized carbons (Fsp3) is 0.929. The maximum atomic E-state index is 12.0. The highest BCUT2D eigenvalue weighted by Crippen LogP contribution is 2.19. The zero-order valence-electron chi connectivity index (χ0n) is 12.7. The van der Waals surface area contributed by atoms with E-state index in [-0.39, 0.29) is 18.1 Å². The molecule has 2 atom stereocenters. The summed E-state index contributed by atoms with van der Waals surface area (Å²) in [7, 11) is 0. The van der Waals surface area contributed by atoms with E-state index >= 15 is 0 Å². The second-order valence-electron chi connectivity index (χ2n) is 5.69. The molecule has 112 valence electrons. The number of likely N-dealkylation sites (tertiary alicyclic amines) is 1. The van der Waals surface area contributed by atoms with E-state index in [4.69, 9.17) is 0 Å². The quantitative estimate of drug-likeness (QED) is 0.761. The number of carbonyl (C=O) groups excluding carboxylic acids is 1. The Labute approximate surface area is 117 Å². The molecule has 0 aromatic rings. The van der Waals surface area contributed by atoms with Crippen LogP contribution in [0.2, 0.25) is 0 Å². The predicted octanol–water partition coefficient (Wildman–Crippen LogP) is 1.13. The highest BCUT2D eigenvalue weighted by Gasteiger charge is 2.28. The molecule has 0 unspecified atom stereocenters. The highest BCUT2D eigenvalue weighted by atomic mass is 16.3. The molecule has 0 aliphatic carbocycles. The molecule has 2 N–H and O–H groups in total. The Morgan fingerprint density at radius 1 is 1.47 bits per heavy atom. The second-order valence-corrected chi connectivity index (χ2v) is 5.69. The number of rotatable bonds is 6. The molecule has 0 bridgehead atoms. The first-order chi connectivity index (χ1) is 8.95. The molecule has 0 saturated carbocycles. The molecule has 2 amide bonds. The molecule has 1 aliphatic heterocycles. The number of nitrogens with one attached hydrogen (secondary N) is 1. The van der Waals surface area contributed by atoms with Gasteiger partial charge < -0.3 is 15.3 Å². The van der Waals surface area contributed by atoms with Crippen LogP contribution in [0.4, 0.5) is 4.79 Å². The number of aliphatic hydroxyl groups is 1. The van der Waals surface area contributed by atoms with Gasteiger partial charge in [-0.1, -0.05) is 6.92 Å². The average Bonchev–Trinajstić information content (AvgIpc) is 2.83. The molecule has 5 heteroatoms. The molecular formula is C14H29N3O2. The number of nitrogens with zero attached hydrogens (tertiary/aromatic N) is 2. The first kappa shape index (κ1) is 16.2. The van der Waals surface area contributed by atoms with E-state index in [1.165, 1.54) is 0 Å². The summed E-state index contributed by atoms with van der Waals surface area (Å²) in [5.41, 5.74) is 0. The van der Waals surface area contributed by atoms with Crippen molar-refractivity contribution in [3.8, 4) is 0 Å². The number of amides is 2. The second kappa shape index (κ2) is 7.70. The van der Waals surface area contributed by atoms with E-state index in [1.54, 1.807) is 6.92 Å². The van der Waals surface area contributed by atoms with E-state index in [9.17, 15) is 9.90 Å². The Kier molecular flexibility index (Phi) is 6.58. The van der Waals surface area contributed by atoms with Crippen molar-refractivity contribution in [1.29, 1.82) is 0 Å². The van der Waals surface area contributed by atoms with Gasteiger partial charge in [0, 0.05) is 38.1 Å². The van der Waals surface area contributed by atoms with E-state index in [1.807, 2.05) is 4.90 Å². The zero-order valence-corrected chi connectivity index (χ0v) is 12.7. The number of likely N-dealkylation sites (N-methyl/N-ethyl adjacent to an activating group) is 1. The van der Waals surface area contributed by atoms with Crippen LogP contribution in [-0.2, 0) is 0 Å². The van der Waals surface area contributed by atoms with Crippen molar-refractivity contribution < 1.29 is 9.90 Å². The van der Waals surface area contributed by atoms with Gasteiger partial charge in [0.05, 0.1) is 6.10 Å². The Morgan fingerprint density at radius 3 is 2.63 bits per heavy atom. The summed E-state index contributed by atoms with van der Waals surface area (Å²) in [6.45, 7) is 12.3. The van der Waals surface area contributed by atoms with Crippen LogP contribution in [0, 0.1) is 5.92 Å². The standard InChI is InChI=1S/C14H29N3O2/c1-5-16(11(2)3)9-7-15-14(19)17-8-6-13(10-17)12(4)18/h11-13,18H,5-10H2,1-4H3,(H,15,19)/t12-,13+/m0/s1. The molecule has 19 heavy (non-hydrogen) atoms. The fourth-order valence-electron chi connectivity index (χ4n) is 2.57. The van der Waals surface area contributed by atoms with Crippen LogP contribution in [0.15, 0.2) is 0 Å². The largest absolute Gasteiger partial charge is 0.393 e. The van der Waals surface area contributed by atoms with Gasteiger partial charge >= 0.3 is 6.03 Å². The smallest absolute Gasteiger partial charge is 0.317 e. The monoisotopic (exact) mass is 271 g/mol. The molecule has 0 aromatic heterocycles. The van der Waals surface area contributed by atoms with Crippen LogP contribution in [0.3, 0.4) is 0 Å². The summed E-state index contributed by atoms with van der Waals surface area (Å²) in [5, 5.41) is 12.5. The molecule has 1 saturated heterocycles. The Morgan fingerprint density at radius 2 is 2.16 bits per heavy atom. The molecule has 1 heterocycles. The van der Waals surface area contributed by atoms with Crippen molar-refractivity contribution in [3.63, 3.8) is 0 Å². The summed E-state index contributed by atoms with van der Waals surface area (Å²) in [4.78, 5) is 16.1. The molecule has 1 fully saturated rings. The van der Waals surface area contributed by atoms with Crippen LogP contribution >= 0.6 is 0 Å². The minimum absolute atomic E-state index is 0.00274. The topological polar surface area (TPSA) is 55.8 Å². The van der Waals surface area contributed by atoms with Gasteiger partial charge in [-0.3, -0.25) is 4.90 Å².